The summed E-state index contributed by atoms with van der Waals surface area (Å²) in [6.45, 7) is 2.21. The van der Waals surface area contributed by atoms with Gasteiger partial charge >= 0.3 is 0 Å². The SMILES string of the molecule is Cc1cccc2c1sc1cc3c(cc12)c1ccccc1n3-c1ccccc1. The Morgan fingerprint density at radius 3 is 2.30 bits per heavy atom. The molecule has 0 fully saturated rings. The predicted octanol–water partition coefficient (Wildman–Crippen LogP) is 7.46. The van der Waals surface area contributed by atoms with Gasteiger partial charge in [0, 0.05) is 36.6 Å². The van der Waals surface area contributed by atoms with Gasteiger partial charge in [0.05, 0.1) is 11.0 Å². The van der Waals surface area contributed by atoms with Crippen LogP contribution in [0.25, 0.3) is 47.7 Å². The second kappa shape index (κ2) is 5.45. The highest BCUT2D eigenvalue weighted by Crippen LogP contribution is 2.41. The molecule has 2 aromatic heterocycles. The Hall–Kier alpha value is -3.10. The quantitative estimate of drug-likeness (QED) is 0.286. The summed E-state index contributed by atoms with van der Waals surface area (Å²) >= 11 is 1.90. The van der Waals surface area contributed by atoms with Crippen molar-refractivity contribution < 1.29 is 0 Å². The van der Waals surface area contributed by atoms with Gasteiger partial charge in [0.25, 0.3) is 0 Å². The van der Waals surface area contributed by atoms with Gasteiger partial charge in [-0.1, -0.05) is 54.6 Å². The van der Waals surface area contributed by atoms with Gasteiger partial charge in [0.1, 0.15) is 0 Å². The Balaban J connectivity index is 1.84. The van der Waals surface area contributed by atoms with Crippen LogP contribution < -0.4 is 0 Å². The zero-order valence-electron chi connectivity index (χ0n) is 14.9. The number of thiophene rings is 1. The zero-order valence-corrected chi connectivity index (χ0v) is 15.8. The van der Waals surface area contributed by atoms with Crippen LogP contribution >= 0.6 is 11.3 Å². The van der Waals surface area contributed by atoms with Gasteiger partial charge in [-0.3, -0.25) is 0 Å². The maximum atomic E-state index is 2.39. The summed E-state index contributed by atoms with van der Waals surface area (Å²) in [5.41, 5.74) is 5.10. The molecule has 6 aromatic rings. The Morgan fingerprint density at radius 1 is 0.630 bits per heavy atom. The molecular formula is C25H17NS. The molecule has 27 heavy (non-hydrogen) atoms. The molecule has 0 saturated heterocycles. The number of aromatic nitrogens is 1. The molecule has 2 heterocycles. The van der Waals surface area contributed by atoms with E-state index in [4.69, 9.17) is 0 Å². The Labute approximate surface area is 161 Å². The number of hydrogen-bond donors (Lipinski definition) is 0. The molecule has 0 saturated carbocycles. The predicted molar refractivity (Wildman–Crippen MR) is 118 cm³/mol. The molecule has 0 aliphatic rings. The van der Waals surface area contributed by atoms with Gasteiger partial charge < -0.3 is 4.57 Å². The third kappa shape index (κ3) is 2.05. The summed E-state index contributed by atoms with van der Waals surface area (Å²) in [4.78, 5) is 0. The first-order chi connectivity index (χ1) is 13.3. The summed E-state index contributed by atoms with van der Waals surface area (Å²) in [7, 11) is 0. The van der Waals surface area contributed by atoms with Gasteiger partial charge in [-0.05, 0) is 42.8 Å². The van der Waals surface area contributed by atoms with Gasteiger partial charge in [-0.25, -0.2) is 0 Å². The molecule has 1 nitrogen and oxygen atoms in total. The lowest BCUT2D eigenvalue weighted by molar-refractivity contribution is 1.18. The van der Waals surface area contributed by atoms with Crippen molar-refractivity contribution in [2.75, 3.05) is 0 Å². The van der Waals surface area contributed by atoms with Gasteiger partial charge in [-0.15, -0.1) is 11.3 Å². The molecule has 0 aliphatic heterocycles. The molecule has 6 rings (SSSR count). The highest BCUT2D eigenvalue weighted by Gasteiger charge is 2.15. The molecule has 0 radical (unpaired) electrons. The van der Waals surface area contributed by atoms with E-state index < -0.39 is 0 Å². The largest absolute Gasteiger partial charge is 0.309 e. The zero-order chi connectivity index (χ0) is 18.0. The molecule has 0 aliphatic carbocycles. The average Bonchev–Trinajstić information content (AvgIpc) is 3.23. The number of para-hydroxylation sites is 2. The normalized spacial score (nSPS) is 11.9. The van der Waals surface area contributed by atoms with Gasteiger partial charge in [0.2, 0.25) is 0 Å². The van der Waals surface area contributed by atoms with E-state index in [2.05, 4.69) is 96.4 Å². The van der Waals surface area contributed by atoms with E-state index >= 15 is 0 Å². The third-order valence-electron chi connectivity index (χ3n) is 5.50. The van der Waals surface area contributed by atoms with Crippen LogP contribution in [0.2, 0.25) is 0 Å². The number of hydrogen-bond acceptors (Lipinski definition) is 1. The maximum absolute atomic E-state index is 2.39. The van der Waals surface area contributed by atoms with Crippen LogP contribution in [0.5, 0.6) is 0 Å². The van der Waals surface area contributed by atoms with Crippen molar-refractivity contribution in [2.45, 2.75) is 6.92 Å². The first-order valence-electron chi connectivity index (χ1n) is 9.22. The number of aryl methyl sites for hydroxylation is 1. The minimum absolute atomic E-state index is 1.21. The molecule has 2 heteroatoms. The summed E-state index contributed by atoms with van der Waals surface area (Å²) in [5, 5.41) is 5.36. The first kappa shape index (κ1) is 15.0. The van der Waals surface area contributed by atoms with Gasteiger partial charge in [-0.2, -0.15) is 0 Å². The second-order valence-corrected chi connectivity index (χ2v) is 8.16. The van der Waals surface area contributed by atoms with Crippen molar-refractivity contribution in [3.8, 4) is 5.69 Å². The van der Waals surface area contributed by atoms with E-state index in [9.17, 15) is 0 Å². The van der Waals surface area contributed by atoms with Crippen LogP contribution in [0, 0.1) is 6.92 Å². The van der Waals surface area contributed by atoms with Crippen molar-refractivity contribution in [2.24, 2.45) is 0 Å². The molecule has 0 amide bonds. The molecule has 128 valence electrons. The molecule has 0 bridgehead atoms. The van der Waals surface area contributed by atoms with Crippen LogP contribution in [-0.2, 0) is 0 Å². The maximum Gasteiger partial charge on any atom is 0.0555 e. The third-order valence-corrected chi connectivity index (χ3v) is 6.81. The lowest BCUT2D eigenvalue weighted by Crippen LogP contribution is -1.92. The molecule has 4 aromatic carbocycles. The van der Waals surface area contributed by atoms with Crippen LogP contribution in [0.3, 0.4) is 0 Å². The smallest absolute Gasteiger partial charge is 0.0555 e. The van der Waals surface area contributed by atoms with E-state index in [-0.39, 0.29) is 0 Å². The summed E-state index contributed by atoms with van der Waals surface area (Å²) in [5.74, 6) is 0. The minimum atomic E-state index is 1.21. The number of nitrogens with zero attached hydrogens (tertiary/aromatic N) is 1. The summed E-state index contributed by atoms with van der Waals surface area (Å²) in [6.07, 6.45) is 0. The van der Waals surface area contributed by atoms with Crippen LogP contribution in [-0.4, -0.2) is 4.57 Å². The van der Waals surface area contributed by atoms with Crippen LogP contribution in [0.4, 0.5) is 0 Å². The molecule has 0 atom stereocenters. The number of rotatable bonds is 1. The second-order valence-electron chi connectivity index (χ2n) is 7.11. The molecule has 0 N–H and O–H groups in total. The lowest BCUT2D eigenvalue weighted by atomic mass is 10.1. The Morgan fingerprint density at radius 2 is 1.41 bits per heavy atom. The summed E-state index contributed by atoms with van der Waals surface area (Å²) in [6, 6.07) is 30.8. The summed E-state index contributed by atoms with van der Waals surface area (Å²) < 4.78 is 5.14. The van der Waals surface area contributed by atoms with E-state index in [1.807, 2.05) is 11.3 Å². The fourth-order valence-corrected chi connectivity index (χ4v) is 5.44. The van der Waals surface area contributed by atoms with Crippen molar-refractivity contribution in [3.63, 3.8) is 0 Å². The highest BCUT2D eigenvalue weighted by molar-refractivity contribution is 7.26. The minimum Gasteiger partial charge on any atom is -0.309 e. The van der Waals surface area contributed by atoms with E-state index in [0.717, 1.165) is 0 Å². The van der Waals surface area contributed by atoms with Crippen molar-refractivity contribution in [1.82, 2.24) is 4.57 Å². The molecule has 0 spiro atoms. The van der Waals surface area contributed by atoms with E-state index in [0.29, 0.717) is 0 Å². The lowest BCUT2D eigenvalue weighted by Gasteiger charge is -2.07. The van der Waals surface area contributed by atoms with Crippen LogP contribution in [0.15, 0.2) is 84.9 Å². The fraction of sp³-hybridized carbons (Fsp3) is 0.0400. The molecule has 0 unspecified atom stereocenters. The average molecular weight is 363 g/mol. The highest BCUT2D eigenvalue weighted by atomic mass is 32.1. The molecular weight excluding hydrogens is 346 g/mol. The van der Waals surface area contributed by atoms with Crippen LogP contribution in [0.1, 0.15) is 5.56 Å². The Kier molecular flexibility index (Phi) is 3.03. The van der Waals surface area contributed by atoms with Crippen molar-refractivity contribution in [3.05, 3.63) is 90.5 Å². The Bertz CT molecular complexity index is 1470. The monoisotopic (exact) mass is 363 g/mol. The fourth-order valence-electron chi connectivity index (χ4n) is 4.26. The number of benzene rings is 4. The first-order valence-corrected chi connectivity index (χ1v) is 10.0. The van der Waals surface area contributed by atoms with E-state index in [1.165, 1.54) is 53.2 Å². The van der Waals surface area contributed by atoms with E-state index in [1.54, 1.807) is 0 Å². The van der Waals surface area contributed by atoms with Crippen molar-refractivity contribution >= 4 is 53.3 Å². The topological polar surface area (TPSA) is 4.93 Å². The number of fused-ring (bicyclic) bond motifs is 6. The van der Waals surface area contributed by atoms with Gasteiger partial charge in [0.15, 0.2) is 0 Å². The van der Waals surface area contributed by atoms with Crippen molar-refractivity contribution in [1.29, 1.82) is 0 Å². The standard InChI is InChI=1S/C25H17NS/c1-16-8-7-12-19-21-14-20-18-11-5-6-13-22(18)26(17-9-3-2-4-10-17)23(20)15-24(21)27-25(16)19/h2-15H,1H3.